The van der Waals surface area contributed by atoms with Crippen molar-refractivity contribution in [3.63, 3.8) is 0 Å². The largest absolute Gasteiger partial charge is 0.477 e. The van der Waals surface area contributed by atoms with Gasteiger partial charge in [-0.15, -0.1) is 0 Å². The molecule has 0 aromatic carbocycles. The van der Waals surface area contributed by atoms with Gasteiger partial charge in [0.1, 0.15) is 11.3 Å². The molecule has 0 aliphatic carbocycles. The normalized spacial score (nSPS) is 10.9. The second kappa shape index (κ2) is 4.03. The molecule has 0 atom stereocenters. The monoisotopic (exact) mass is 241 g/mol. The molecule has 3 heterocycles. The lowest BCUT2D eigenvalue weighted by molar-refractivity contribution is 0.0685. The van der Waals surface area contributed by atoms with Crippen LogP contribution in [0.3, 0.4) is 0 Å². The van der Waals surface area contributed by atoms with E-state index in [1.54, 1.807) is 22.9 Å². The zero-order chi connectivity index (χ0) is 12.5. The Hall–Kier alpha value is -2.56. The Kier molecular flexibility index (Phi) is 2.37. The van der Waals surface area contributed by atoms with E-state index in [1.807, 2.05) is 35.0 Å². The van der Waals surface area contributed by atoms with Crippen LogP contribution in [0.15, 0.2) is 48.9 Å². The third-order valence-corrected chi connectivity index (χ3v) is 2.79. The third-order valence-electron chi connectivity index (χ3n) is 2.79. The van der Waals surface area contributed by atoms with Crippen molar-refractivity contribution in [1.82, 2.24) is 14.0 Å². The molecule has 0 spiro atoms. The van der Waals surface area contributed by atoms with Crippen molar-refractivity contribution in [3.05, 3.63) is 60.3 Å². The van der Waals surface area contributed by atoms with Crippen molar-refractivity contribution >= 4 is 11.6 Å². The predicted molar refractivity (Wildman–Crippen MR) is 65.7 cm³/mol. The number of hydrogen-bond donors (Lipinski definition) is 1. The van der Waals surface area contributed by atoms with E-state index in [9.17, 15) is 4.79 Å². The maximum atomic E-state index is 11.0. The van der Waals surface area contributed by atoms with Crippen LogP contribution in [0.2, 0.25) is 0 Å². The van der Waals surface area contributed by atoms with E-state index in [0.29, 0.717) is 6.54 Å². The summed E-state index contributed by atoms with van der Waals surface area (Å²) >= 11 is 0. The van der Waals surface area contributed by atoms with Crippen molar-refractivity contribution < 1.29 is 9.90 Å². The molecule has 0 saturated carbocycles. The molecule has 0 saturated heterocycles. The quantitative estimate of drug-likeness (QED) is 0.761. The van der Waals surface area contributed by atoms with Crippen LogP contribution in [-0.2, 0) is 6.54 Å². The molecule has 0 radical (unpaired) electrons. The summed E-state index contributed by atoms with van der Waals surface area (Å²) in [4.78, 5) is 15.4. The molecule has 0 fully saturated rings. The molecular formula is C13H11N3O2. The van der Waals surface area contributed by atoms with Gasteiger partial charge in [0.05, 0.1) is 12.2 Å². The van der Waals surface area contributed by atoms with Gasteiger partial charge in [-0.1, -0.05) is 6.07 Å². The lowest BCUT2D eigenvalue weighted by Gasteiger charge is -2.02. The second-order valence-corrected chi connectivity index (χ2v) is 4.02. The molecule has 3 aromatic heterocycles. The van der Waals surface area contributed by atoms with Crippen LogP contribution < -0.4 is 0 Å². The molecule has 18 heavy (non-hydrogen) atoms. The van der Waals surface area contributed by atoms with Gasteiger partial charge in [-0.05, 0) is 24.3 Å². The summed E-state index contributed by atoms with van der Waals surface area (Å²) in [7, 11) is 0. The molecule has 0 amide bonds. The topological polar surface area (TPSA) is 59.5 Å². The Morgan fingerprint density at radius 3 is 2.89 bits per heavy atom. The summed E-state index contributed by atoms with van der Waals surface area (Å²) in [5.41, 5.74) is 1.96. The van der Waals surface area contributed by atoms with E-state index in [-0.39, 0.29) is 5.69 Å². The minimum atomic E-state index is -0.927. The zero-order valence-electron chi connectivity index (χ0n) is 9.52. The van der Waals surface area contributed by atoms with Crippen LogP contribution >= 0.6 is 0 Å². The third kappa shape index (κ3) is 1.75. The van der Waals surface area contributed by atoms with Gasteiger partial charge >= 0.3 is 5.97 Å². The number of nitrogens with zero attached hydrogens (tertiary/aromatic N) is 3. The number of carbonyl (C=O) groups is 1. The Balaban J connectivity index is 1.96. The molecule has 5 nitrogen and oxygen atoms in total. The number of carboxylic acid groups (broad SMARTS) is 1. The molecule has 5 heteroatoms. The SMILES string of the molecule is O=C(O)c1cccn1Cc1cn2ccccc2n1. The van der Waals surface area contributed by atoms with Crippen LogP contribution in [0, 0.1) is 0 Å². The number of imidazole rings is 1. The lowest BCUT2D eigenvalue weighted by atomic mass is 10.4. The van der Waals surface area contributed by atoms with Gasteiger partial charge < -0.3 is 14.1 Å². The Bertz CT molecular complexity index is 679. The van der Waals surface area contributed by atoms with Gasteiger partial charge in [0.15, 0.2) is 0 Å². The number of carboxylic acids is 1. The van der Waals surface area contributed by atoms with Crippen molar-refractivity contribution in [2.75, 3.05) is 0 Å². The Morgan fingerprint density at radius 2 is 2.11 bits per heavy atom. The average molecular weight is 241 g/mol. The standard InChI is InChI=1S/C13H11N3O2/c17-13(18)11-4-3-7-15(11)8-10-9-16-6-2-1-5-12(16)14-10/h1-7,9H,8H2,(H,17,18). The summed E-state index contributed by atoms with van der Waals surface area (Å²) in [5.74, 6) is -0.927. The van der Waals surface area contributed by atoms with E-state index in [4.69, 9.17) is 5.11 Å². The fourth-order valence-electron chi connectivity index (χ4n) is 1.98. The summed E-state index contributed by atoms with van der Waals surface area (Å²) in [5, 5.41) is 9.03. The highest BCUT2D eigenvalue weighted by Crippen LogP contribution is 2.09. The van der Waals surface area contributed by atoms with Crippen LogP contribution in [0.5, 0.6) is 0 Å². The molecule has 0 unspecified atom stereocenters. The van der Waals surface area contributed by atoms with E-state index in [0.717, 1.165) is 11.3 Å². The number of aromatic carboxylic acids is 1. The molecule has 3 aromatic rings. The molecular weight excluding hydrogens is 230 g/mol. The smallest absolute Gasteiger partial charge is 0.352 e. The molecule has 0 bridgehead atoms. The van der Waals surface area contributed by atoms with E-state index in [2.05, 4.69) is 4.98 Å². The molecule has 0 aliphatic rings. The summed E-state index contributed by atoms with van der Waals surface area (Å²) < 4.78 is 3.59. The van der Waals surface area contributed by atoms with E-state index >= 15 is 0 Å². The second-order valence-electron chi connectivity index (χ2n) is 4.02. The van der Waals surface area contributed by atoms with Gasteiger partial charge in [-0.25, -0.2) is 9.78 Å². The van der Waals surface area contributed by atoms with Crippen LogP contribution in [0.25, 0.3) is 5.65 Å². The first-order valence-electron chi connectivity index (χ1n) is 5.55. The number of pyridine rings is 1. The average Bonchev–Trinajstić information content (AvgIpc) is 2.94. The number of fused-ring (bicyclic) bond motifs is 1. The number of aromatic nitrogens is 3. The van der Waals surface area contributed by atoms with Crippen LogP contribution in [0.1, 0.15) is 16.2 Å². The Morgan fingerprint density at radius 1 is 1.22 bits per heavy atom. The van der Waals surface area contributed by atoms with Crippen molar-refractivity contribution in [2.24, 2.45) is 0 Å². The first-order chi connectivity index (χ1) is 8.74. The number of rotatable bonds is 3. The van der Waals surface area contributed by atoms with Crippen LogP contribution in [0.4, 0.5) is 0 Å². The molecule has 0 aliphatic heterocycles. The highest BCUT2D eigenvalue weighted by molar-refractivity contribution is 5.85. The highest BCUT2D eigenvalue weighted by atomic mass is 16.4. The first kappa shape index (κ1) is 10.6. The fraction of sp³-hybridized carbons (Fsp3) is 0.0769. The van der Waals surface area contributed by atoms with Gasteiger partial charge in [-0.2, -0.15) is 0 Å². The van der Waals surface area contributed by atoms with Gasteiger partial charge in [0.2, 0.25) is 0 Å². The summed E-state index contributed by atoms with van der Waals surface area (Å²) in [6, 6.07) is 9.07. The molecule has 1 N–H and O–H groups in total. The van der Waals surface area contributed by atoms with Gasteiger partial charge in [0, 0.05) is 18.6 Å². The van der Waals surface area contributed by atoms with Gasteiger partial charge in [-0.3, -0.25) is 0 Å². The predicted octanol–water partition coefficient (Wildman–Crippen LogP) is 1.88. The van der Waals surface area contributed by atoms with Crippen molar-refractivity contribution in [3.8, 4) is 0 Å². The first-order valence-corrected chi connectivity index (χ1v) is 5.55. The highest BCUT2D eigenvalue weighted by Gasteiger charge is 2.10. The maximum Gasteiger partial charge on any atom is 0.352 e. The van der Waals surface area contributed by atoms with Crippen molar-refractivity contribution in [2.45, 2.75) is 6.54 Å². The summed E-state index contributed by atoms with van der Waals surface area (Å²) in [6.45, 7) is 0.455. The van der Waals surface area contributed by atoms with Crippen LogP contribution in [-0.4, -0.2) is 25.0 Å². The van der Waals surface area contributed by atoms with E-state index < -0.39 is 5.97 Å². The molecule has 3 rings (SSSR count). The van der Waals surface area contributed by atoms with Gasteiger partial charge in [0.25, 0.3) is 0 Å². The maximum absolute atomic E-state index is 11.0. The lowest BCUT2D eigenvalue weighted by Crippen LogP contribution is -2.08. The van der Waals surface area contributed by atoms with Crippen molar-refractivity contribution in [1.29, 1.82) is 0 Å². The fourth-order valence-corrected chi connectivity index (χ4v) is 1.98. The minimum absolute atomic E-state index is 0.270. The van der Waals surface area contributed by atoms with E-state index in [1.165, 1.54) is 0 Å². The Labute approximate surface area is 103 Å². The minimum Gasteiger partial charge on any atom is -0.477 e. The summed E-state index contributed by atoms with van der Waals surface area (Å²) in [6.07, 6.45) is 5.56. The zero-order valence-corrected chi connectivity index (χ0v) is 9.52. The number of hydrogen-bond acceptors (Lipinski definition) is 2. The molecule has 90 valence electrons.